The van der Waals surface area contributed by atoms with Gasteiger partial charge in [0, 0.05) is 5.92 Å². The minimum absolute atomic E-state index is 0.145. The van der Waals surface area contributed by atoms with Crippen LogP contribution >= 0.6 is 0 Å². The van der Waals surface area contributed by atoms with Gasteiger partial charge in [0.25, 0.3) is 0 Å². The smallest absolute Gasteiger partial charge is 0.123 e. The number of hydrogen-bond donors (Lipinski definition) is 2. The number of fused-ring (bicyclic) bond motifs is 5. The molecule has 0 bridgehead atoms. The Kier molecular flexibility index (Phi) is 5.56. The summed E-state index contributed by atoms with van der Waals surface area (Å²) in [6.07, 6.45) is 14.8. The van der Waals surface area contributed by atoms with E-state index in [1.54, 1.807) is 12.1 Å². The van der Waals surface area contributed by atoms with Gasteiger partial charge in [0.05, 0.1) is 11.8 Å². The van der Waals surface area contributed by atoms with Crippen LogP contribution < -0.4 is 0 Å². The van der Waals surface area contributed by atoms with E-state index in [1.165, 1.54) is 37.0 Å². The predicted octanol–water partition coefficient (Wildman–Crippen LogP) is 6.61. The van der Waals surface area contributed by atoms with Crippen LogP contribution in [0.5, 0.6) is 0 Å². The number of hydrogen-bond acceptors (Lipinski definition) is 3. The van der Waals surface area contributed by atoms with E-state index in [0.29, 0.717) is 17.8 Å². The van der Waals surface area contributed by atoms with E-state index in [4.69, 9.17) is 0 Å². The molecule has 4 heteroatoms. The van der Waals surface area contributed by atoms with Gasteiger partial charge in [-0.15, -0.1) is 0 Å². The molecule has 32 heavy (non-hydrogen) atoms. The van der Waals surface area contributed by atoms with Gasteiger partial charge in [-0.2, -0.15) is 0 Å². The molecule has 0 aromatic heterocycles. The lowest BCUT2D eigenvalue weighted by atomic mass is 9.47. The van der Waals surface area contributed by atoms with Crippen molar-refractivity contribution in [3.63, 3.8) is 0 Å². The molecule has 0 spiro atoms. The van der Waals surface area contributed by atoms with Crippen LogP contribution in [0.3, 0.4) is 0 Å². The molecule has 2 N–H and O–H groups in total. The fourth-order valence-corrected chi connectivity index (χ4v) is 8.10. The van der Waals surface area contributed by atoms with Gasteiger partial charge in [-0.25, -0.2) is 4.39 Å². The van der Waals surface area contributed by atoms with E-state index in [1.807, 2.05) is 12.2 Å². The zero-order valence-electron chi connectivity index (χ0n) is 19.3. The van der Waals surface area contributed by atoms with E-state index in [0.717, 1.165) is 43.4 Å². The molecule has 7 atom stereocenters. The molecule has 1 aromatic carbocycles. The van der Waals surface area contributed by atoms with Crippen LogP contribution in [0.1, 0.15) is 70.8 Å². The number of oxime groups is 1. The van der Waals surface area contributed by atoms with Crippen LogP contribution in [-0.2, 0) is 0 Å². The maximum absolute atomic E-state index is 13.2. The highest BCUT2D eigenvalue weighted by atomic mass is 19.1. The maximum Gasteiger partial charge on any atom is 0.123 e. The third-order valence-electron chi connectivity index (χ3n) is 9.87. The lowest BCUT2D eigenvalue weighted by Crippen LogP contribution is -2.51. The van der Waals surface area contributed by atoms with E-state index < -0.39 is 0 Å². The Morgan fingerprint density at radius 1 is 1.06 bits per heavy atom. The SMILES string of the molecule is C[C@]12CC[C@H]3[C@@H](CC=C4CC(O)CC[C@@]43C)[C@@H]1CC[C@@H]2C(/C=C/c1ccc(F)cc1)=N\O. The summed E-state index contributed by atoms with van der Waals surface area (Å²) < 4.78 is 13.2. The van der Waals surface area contributed by atoms with Crippen molar-refractivity contribution in [1.82, 2.24) is 0 Å². The molecule has 3 saturated carbocycles. The molecule has 0 amide bonds. The molecule has 0 radical (unpaired) electrons. The third-order valence-corrected chi connectivity index (χ3v) is 9.87. The largest absolute Gasteiger partial charge is 0.411 e. The summed E-state index contributed by atoms with van der Waals surface area (Å²) in [6, 6.07) is 6.41. The van der Waals surface area contributed by atoms with E-state index in [2.05, 4.69) is 25.1 Å². The second-order valence-electron chi connectivity index (χ2n) is 11.2. The number of benzene rings is 1. The summed E-state index contributed by atoms with van der Waals surface area (Å²) in [5, 5.41) is 23.9. The minimum Gasteiger partial charge on any atom is -0.411 e. The molecule has 1 unspecified atom stereocenters. The fourth-order valence-electron chi connectivity index (χ4n) is 8.10. The van der Waals surface area contributed by atoms with Crippen molar-refractivity contribution >= 4 is 11.8 Å². The molecule has 4 aliphatic carbocycles. The Morgan fingerprint density at radius 3 is 2.59 bits per heavy atom. The van der Waals surface area contributed by atoms with Crippen molar-refractivity contribution in [1.29, 1.82) is 0 Å². The van der Waals surface area contributed by atoms with Gasteiger partial charge in [0.15, 0.2) is 0 Å². The van der Waals surface area contributed by atoms with Crippen molar-refractivity contribution in [3.8, 4) is 0 Å². The molecule has 0 aliphatic heterocycles. The molecule has 0 heterocycles. The van der Waals surface area contributed by atoms with Crippen LogP contribution in [0.2, 0.25) is 0 Å². The van der Waals surface area contributed by atoms with Gasteiger partial charge in [-0.3, -0.25) is 0 Å². The van der Waals surface area contributed by atoms with Gasteiger partial charge >= 0.3 is 0 Å². The summed E-state index contributed by atoms with van der Waals surface area (Å²) in [5.41, 5.74) is 3.57. The Hall–Kier alpha value is -1.94. The van der Waals surface area contributed by atoms with Gasteiger partial charge < -0.3 is 10.3 Å². The first-order valence-electron chi connectivity index (χ1n) is 12.4. The van der Waals surface area contributed by atoms with Crippen LogP contribution in [0.25, 0.3) is 6.08 Å². The molecule has 4 aliphatic rings. The van der Waals surface area contributed by atoms with E-state index >= 15 is 0 Å². The fraction of sp³-hybridized carbons (Fsp3) is 0.607. The second kappa shape index (κ2) is 8.13. The van der Waals surface area contributed by atoms with Crippen LogP contribution in [0, 0.1) is 40.3 Å². The highest BCUT2D eigenvalue weighted by Gasteiger charge is 2.59. The summed E-state index contributed by atoms with van der Waals surface area (Å²) in [7, 11) is 0. The maximum atomic E-state index is 13.2. The average molecular weight is 438 g/mol. The molecular formula is C28H36FNO2. The van der Waals surface area contributed by atoms with Gasteiger partial charge in [-0.05, 0) is 104 Å². The topological polar surface area (TPSA) is 52.8 Å². The number of nitrogens with zero attached hydrogens (tertiary/aromatic N) is 1. The molecule has 1 aromatic rings. The first-order chi connectivity index (χ1) is 15.3. The standard InChI is InChI=1S/C28H36FNO2/c1-27-15-13-21(31)17-19(27)6-9-22-23-10-11-25(28(23,2)16-14-24(22)27)26(30-32)12-5-18-3-7-20(29)8-4-18/h3-8,12,21-25,31-32H,9-11,13-17H2,1-2H3/b12-5+,30-26-/t21?,22-,23-,24-,25+,27-,28-/m0/s1. The molecule has 172 valence electrons. The van der Waals surface area contributed by atoms with Crippen LogP contribution in [0.4, 0.5) is 4.39 Å². The van der Waals surface area contributed by atoms with Crippen molar-refractivity contribution in [2.75, 3.05) is 0 Å². The highest BCUT2D eigenvalue weighted by molar-refractivity contribution is 6.00. The zero-order valence-corrected chi connectivity index (χ0v) is 19.3. The van der Waals surface area contributed by atoms with Gasteiger partial charge in [0.2, 0.25) is 0 Å². The van der Waals surface area contributed by atoms with Crippen molar-refractivity contribution in [2.24, 2.45) is 39.7 Å². The Balaban J connectivity index is 1.38. The molecule has 3 nitrogen and oxygen atoms in total. The molecule has 5 rings (SSSR count). The number of aliphatic hydroxyl groups excluding tert-OH is 1. The summed E-state index contributed by atoms with van der Waals surface area (Å²) in [4.78, 5) is 0. The quantitative estimate of drug-likeness (QED) is 0.242. The predicted molar refractivity (Wildman–Crippen MR) is 126 cm³/mol. The number of halogens is 1. The summed E-state index contributed by atoms with van der Waals surface area (Å²) in [6.45, 7) is 4.89. The van der Waals surface area contributed by atoms with E-state index in [9.17, 15) is 14.7 Å². The van der Waals surface area contributed by atoms with Crippen molar-refractivity contribution < 1.29 is 14.7 Å². The van der Waals surface area contributed by atoms with Gasteiger partial charge in [-0.1, -0.05) is 48.9 Å². The van der Waals surface area contributed by atoms with Gasteiger partial charge in [0.1, 0.15) is 5.82 Å². The number of aliphatic hydroxyl groups is 1. The highest BCUT2D eigenvalue weighted by Crippen LogP contribution is 2.66. The Bertz CT molecular complexity index is 951. The summed E-state index contributed by atoms with van der Waals surface area (Å²) >= 11 is 0. The molecular weight excluding hydrogens is 401 g/mol. The Labute approximate surface area is 191 Å². The van der Waals surface area contributed by atoms with Crippen LogP contribution in [-0.4, -0.2) is 22.1 Å². The second-order valence-corrected chi connectivity index (χ2v) is 11.2. The summed E-state index contributed by atoms with van der Waals surface area (Å²) in [5.74, 6) is 2.04. The normalized spacial score (nSPS) is 41.7. The lowest BCUT2D eigenvalue weighted by Gasteiger charge is -2.58. The van der Waals surface area contributed by atoms with Crippen molar-refractivity contribution in [2.45, 2.75) is 71.3 Å². The monoisotopic (exact) mass is 437 g/mol. The first kappa shape index (κ1) is 21.9. The Morgan fingerprint density at radius 2 is 1.84 bits per heavy atom. The number of rotatable bonds is 3. The molecule has 3 fully saturated rings. The molecule has 0 saturated heterocycles. The first-order valence-corrected chi connectivity index (χ1v) is 12.4. The van der Waals surface area contributed by atoms with Crippen molar-refractivity contribution in [3.05, 3.63) is 53.4 Å². The van der Waals surface area contributed by atoms with Crippen LogP contribution in [0.15, 0.2) is 47.1 Å². The average Bonchev–Trinajstić information content (AvgIpc) is 3.13. The zero-order chi connectivity index (χ0) is 22.5. The lowest BCUT2D eigenvalue weighted by molar-refractivity contribution is -0.0424. The third kappa shape index (κ3) is 3.46. The minimum atomic E-state index is -0.244. The van der Waals surface area contributed by atoms with E-state index in [-0.39, 0.29) is 28.7 Å². The number of allylic oxidation sites excluding steroid dienone is 2.